The molecule has 1 aliphatic heterocycles. The number of carbonyl (C=O) groups is 1. The van der Waals surface area contributed by atoms with Gasteiger partial charge in [-0.25, -0.2) is 4.98 Å². The lowest BCUT2D eigenvalue weighted by molar-refractivity contribution is 0.0789. The fraction of sp³-hybridized carbons (Fsp3) is 0.286. The van der Waals surface area contributed by atoms with E-state index < -0.39 is 0 Å². The van der Waals surface area contributed by atoms with Gasteiger partial charge in [0.1, 0.15) is 4.88 Å². The van der Waals surface area contributed by atoms with Gasteiger partial charge in [-0.15, -0.1) is 11.3 Å². The van der Waals surface area contributed by atoms with Crippen LogP contribution in [0.25, 0.3) is 0 Å². The molecule has 1 aliphatic rings. The molecular weight excluding hydrogens is 276 g/mol. The summed E-state index contributed by atoms with van der Waals surface area (Å²) in [6.07, 6.45) is 0. The lowest BCUT2D eigenvalue weighted by Gasteiger charge is -2.16. The first kappa shape index (κ1) is 12.9. The fourth-order valence-corrected chi connectivity index (χ4v) is 2.86. The molecule has 0 N–H and O–H groups in total. The van der Waals surface area contributed by atoms with Gasteiger partial charge in [-0.05, 0) is 24.6 Å². The van der Waals surface area contributed by atoms with Gasteiger partial charge in [-0.3, -0.25) is 4.79 Å². The summed E-state index contributed by atoms with van der Waals surface area (Å²) in [6, 6.07) is 5.72. The Morgan fingerprint density at radius 1 is 1.40 bits per heavy atom. The smallest absolute Gasteiger partial charge is 0.265 e. The van der Waals surface area contributed by atoms with Crippen LogP contribution in [0.2, 0.25) is 0 Å². The van der Waals surface area contributed by atoms with Gasteiger partial charge < -0.3 is 14.4 Å². The SMILES string of the molecule is Cc1ncsc1C(=O)N(C)Cc1ccc2c(c1)OCO2. The highest BCUT2D eigenvalue weighted by molar-refractivity contribution is 7.11. The second-order valence-corrected chi connectivity index (χ2v) is 5.47. The average molecular weight is 290 g/mol. The van der Waals surface area contributed by atoms with Crippen LogP contribution in [0.3, 0.4) is 0 Å². The number of nitrogens with zero attached hydrogens (tertiary/aromatic N) is 2. The highest BCUT2D eigenvalue weighted by Gasteiger charge is 2.18. The molecule has 0 fully saturated rings. The van der Waals surface area contributed by atoms with E-state index in [2.05, 4.69) is 4.98 Å². The Labute approximate surface area is 120 Å². The number of thiazole rings is 1. The van der Waals surface area contributed by atoms with Crippen LogP contribution >= 0.6 is 11.3 Å². The number of hydrogen-bond donors (Lipinski definition) is 0. The largest absolute Gasteiger partial charge is 0.454 e. The summed E-state index contributed by atoms with van der Waals surface area (Å²) in [7, 11) is 1.78. The van der Waals surface area contributed by atoms with Crippen molar-refractivity contribution < 1.29 is 14.3 Å². The Balaban J connectivity index is 1.74. The van der Waals surface area contributed by atoms with E-state index in [-0.39, 0.29) is 12.7 Å². The van der Waals surface area contributed by atoms with Crippen molar-refractivity contribution in [3.8, 4) is 11.5 Å². The van der Waals surface area contributed by atoms with Crippen molar-refractivity contribution in [1.82, 2.24) is 9.88 Å². The van der Waals surface area contributed by atoms with Gasteiger partial charge >= 0.3 is 0 Å². The lowest BCUT2D eigenvalue weighted by Crippen LogP contribution is -2.26. The molecular formula is C14H14N2O3S. The van der Waals surface area contributed by atoms with Gasteiger partial charge in [-0.2, -0.15) is 0 Å². The normalized spacial score (nSPS) is 12.5. The molecule has 0 spiro atoms. The molecule has 0 bridgehead atoms. The van der Waals surface area contributed by atoms with E-state index in [1.54, 1.807) is 17.5 Å². The predicted octanol–water partition coefficient (Wildman–Crippen LogP) is 2.45. The van der Waals surface area contributed by atoms with Gasteiger partial charge in [0.25, 0.3) is 5.91 Å². The summed E-state index contributed by atoms with van der Waals surface area (Å²) in [5, 5.41) is 0. The molecule has 0 radical (unpaired) electrons. The Hall–Kier alpha value is -2.08. The molecule has 2 heterocycles. The second kappa shape index (κ2) is 5.13. The van der Waals surface area contributed by atoms with Crippen LogP contribution < -0.4 is 9.47 Å². The van der Waals surface area contributed by atoms with Crippen molar-refractivity contribution >= 4 is 17.2 Å². The first-order valence-electron chi connectivity index (χ1n) is 6.19. The summed E-state index contributed by atoms with van der Waals surface area (Å²) in [6.45, 7) is 2.62. The number of amides is 1. The molecule has 1 amide bonds. The van der Waals surface area contributed by atoms with E-state index in [4.69, 9.17) is 9.47 Å². The molecule has 3 rings (SSSR count). The topological polar surface area (TPSA) is 51.7 Å². The summed E-state index contributed by atoms with van der Waals surface area (Å²) in [5.74, 6) is 1.47. The van der Waals surface area contributed by atoms with Crippen molar-refractivity contribution in [2.75, 3.05) is 13.8 Å². The van der Waals surface area contributed by atoms with Crippen molar-refractivity contribution in [3.63, 3.8) is 0 Å². The number of aromatic nitrogens is 1. The third kappa shape index (κ3) is 2.34. The van der Waals surface area contributed by atoms with Crippen LogP contribution in [0.1, 0.15) is 20.9 Å². The Kier molecular flexibility index (Phi) is 3.31. The summed E-state index contributed by atoms with van der Waals surface area (Å²) >= 11 is 1.37. The Bertz CT molecular complexity index is 654. The third-order valence-corrected chi connectivity index (χ3v) is 4.06. The molecule has 104 valence electrons. The van der Waals surface area contributed by atoms with E-state index >= 15 is 0 Å². The van der Waals surface area contributed by atoms with Crippen LogP contribution in [-0.2, 0) is 6.54 Å². The van der Waals surface area contributed by atoms with E-state index in [0.29, 0.717) is 11.4 Å². The second-order valence-electron chi connectivity index (χ2n) is 4.62. The number of carbonyl (C=O) groups excluding carboxylic acids is 1. The van der Waals surface area contributed by atoms with E-state index in [1.807, 2.05) is 25.1 Å². The highest BCUT2D eigenvalue weighted by atomic mass is 32.1. The first-order valence-corrected chi connectivity index (χ1v) is 7.07. The molecule has 1 aromatic carbocycles. The average Bonchev–Trinajstić information content (AvgIpc) is 3.05. The molecule has 0 saturated carbocycles. The minimum absolute atomic E-state index is 0.0114. The molecule has 0 saturated heterocycles. The molecule has 0 unspecified atom stereocenters. The first-order chi connectivity index (χ1) is 9.65. The number of rotatable bonds is 3. The Morgan fingerprint density at radius 2 is 2.20 bits per heavy atom. The zero-order valence-electron chi connectivity index (χ0n) is 11.3. The van der Waals surface area contributed by atoms with Gasteiger partial charge in [0.05, 0.1) is 11.2 Å². The highest BCUT2D eigenvalue weighted by Crippen LogP contribution is 2.32. The summed E-state index contributed by atoms with van der Waals surface area (Å²) in [5.41, 5.74) is 3.47. The van der Waals surface area contributed by atoms with E-state index in [0.717, 1.165) is 22.8 Å². The number of ether oxygens (including phenoxy) is 2. The van der Waals surface area contributed by atoms with Crippen molar-refractivity contribution in [2.24, 2.45) is 0 Å². The van der Waals surface area contributed by atoms with Crippen molar-refractivity contribution in [2.45, 2.75) is 13.5 Å². The molecule has 0 atom stereocenters. The molecule has 6 heteroatoms. The lowest BCUT2D eigenvalue weighted by atomic mass is 10.2. The number of hydrogen-bond acceptors (Lipinski definition) is 5. The molecule has 5 nitrogen and oxygen atoms in total. The van der Waals surface area contributed by atoms with Crippen molar-refractivity contribution in [1.29, 1.82) is 0 Å². The third-order valence-electron chi connectivity index (χ3n) is 3.14. The maximum absolute atomic E-state index is 12.3. The van der Waals surface area contributed by atoms with Crippen molar-refractivity contribution in [3.05, 3.63) is 39.8 Å². The minimum Gasteiger partial charge on any atom is -0.454 e. The van der Waals surface area contributed by atoms with Crippen LogP contribution in [-0.4, -0.2) is 29.6 Å². The van der Waals surface area contributed by atoms with Crippen LogP contribution in [0, 0.1) is 6.92 Å². The zero-order chi connectivity index (χ0) is 14.1. The molecule has 2 aromatic rings. The Morgan fingerprint density at radius 3 is 2.95 bits per heavy atom. The van der Waals surface area contributed by atoms with Crippen LogP contribution in [0.4, 0.5) is 0 Å². The minimum atomic E-state index is -0.0114. The molecule has 20 heavy (non-hydrogen) atoms. The zero-order valence-corrected chi connectivity index (χ0v) is 12.1. The van der Waals surface area contributed by atoms with Gasteiger partial charge in [0.2, 0.25) is 6.79 Å². The molecule has 1 aromatic heterocycles. The maximum Gasteiger partial charge on any atom is 0.265 e. The maximum atomic E-state index is 12.3. The van der Waals surface area contributed by atoms with Crippen LogP contribution in [0.5, 0.6) is 11.5 Å². The van der Waals surface area contributed by atoms with Gasteiger partial charge in [0.15, 0.2) is 11.5 Å². The summed E-state index contributed by atoms with van der Waals surface area (Å²) < 4.78 is 10.6. The van der Waals surface area contributed by atoms with E-state index in [1.165, 1.54) is 11.3 Å². The monoisotopic (exact) mass is 290 g/mol. The standard InChI is InChI=1S/C14H14N2O3S/c1-9-13(20-7-15-9)14(17)16(2)6-10-3-4-11-12(5-10)19-8-18-11/h3-5,7H,6,8H2,1-2H3. The van der Waals surface area contributed by atoms with E-state index in [9.17, 15) is 4.79 Å². The van der Waals surface area contributed by atoms with Crippen LogP contribution in [0.15, 0.2) is 23.7 Å². The fourth-order valence-electron chi connectivity index (χ4n) is 2.07. The predicted molar refractivity (Wildman–Crippen MR) is 75.2 cm³/mol. The summed E-state index contributed by atoms with van der Waals surface area (Å²) in [4.78, 5) is 18.8. The number of benzene rings is 1. The van der Waals surface area contributed by atoms with Gasteiger partial charge in [-0.1, -0.05) is 6.07 Å². The quantitative estimate of drug-likeness (QED) is 0.871. The molecule has 0 aliphatic carbocycles. The number of aryl methyl sites for hydroxylation is 1. The van der Waals surface area contributed by atoms with Gasteiger partial charge in [0, 0.05) is 13.6 Å². The number of fused-ring (bicyclic) bond motifs is 1.